The standard InChI is InChI=1S/C29H25F4NO4/c1-2-3-4-16-38-23-14-10-19(11-15-23)26(35)24-25(18-8-12-21(30)13-9-18)34(28(37)27(24)36)22-7-5-6-20(17-22)29(31,32)33/h5-15,17,25,35H,2-4,16H2,1H3/b26-24+. The Balaban J connectivity index is 1.78. The number of unbranched alkanes of at least 4 members (excludes halogenated alkanes) is 2. The summed E-state index contributed by atoms with van der Waals surface area (Å²) in [5.74, 6) is -2.73. The molecule has 0 bridgehead atoms. The van der Waals surface area contributed by atoms with Crippen molar-refractivity contribution in [2.75, 3.05) is 11.5 Å². The van der Waals surface area contributed by atoms with E-state index in [1.54, 1.807) is 12.1 Å². The zero-order valence-electron chi connectivity index (χ0n) is 20.5. The van der Waals surface area contributed by atoms with Crippen molar-refractivity contribution in [1.29, 1.82) is 0 Å². The molecule has 5 nitrogen and oxygen atoms in total. The summed E-state index contributed by atoms with van der Waals surface area (Å²) in [5.41, 5.74) is -1.08. The number of alkyl halides is 3. The molecule has 38 heavy (non-hydrogen) atoms. The minimum absolute atomic E-state index is 0.189. The van der Waals surface area contributed by atoms with Crippen molar-refractivity contribution in [2.24, 2.45) is 0 Å². The van der Waals surface area contributed by atoms with Gasteiger partial charge in [-0.3, -0.25) is 14.5 Å². The van der Waals surface area contributed by atoms with Crippen LogP contribution in [-0.4, -0.2) is 23.4 Å². The average molecular weight is 528 g/mol. The zero-order valence-corrected chi connectivity index (χ0v) is 20.5. The molecule has 3 aromatic rings. The fourth-order valence-electron chi connectivity index (χ4n) is 4.30. The first-order valence-electron chi connectivity index (χ1n) is 12.1. The Labute approximate surface area is 217 Å². The molecule has 9 heteroatoms. The number of halogens is 4. The molecule has 3 aromatic carbocycles. The van der Waals surface area contributed by atoms with Crippen molar-refractivity contribution in [3.8, 4) is 5.75 Å². The van der Waals surface area contributed by atoms with Gasteiger partial charge < -0.3 is 9.84 Å². The molecular weight excluding hydrogens is 502 g/mol. The zero-order chi connectivity index (χ0) is 27.4. The number of amides is 1. The number of nitrogens with zero attached hydrogens (tertiary/aromatic N) is 1. The van der Waals surface area contributed by atoms with Crippen LogP contribution in [0.4, 0.5) is 23.2 Å². The third kappa shape index (κ3) is 5.56. The maximum Gasteiger partial charge on any atom is 0.416 e. The summed E-state index contributed by atoms with van der Waals surface area (Å²) in [4.78, 5) is 27.2. The maximum absolute atomic E-state index is 13.7. The van der Waals surface area contributed by atoms with Crippen LogP contribution < -0.4 is 9.64 Å². The number of ketones is 1. The number of hydrogen-bond acceptors (Lipinski definition) is 4. The van der Waals surface area contributed by atoms with Gasteiger partial charge in [0, 0.05) is 11.3 Å². The first-order valence-corrected chi connectivity index (χ1v) is 12.1. The topological polar surface area (TPSA) is 66.8 Å². The Kier molecular flexibility index (Phi) is 7.85. The van der Waals surface area contributed by atoms with Gasteiger partial charge in [0.1, 0.15) is 17.3 Å². The second-order valence-electron chi connectivity index (χ2n) is 8.85. The van der Waals surface area contributed by atoms with Gasteiger partial charge in [0.2, 0.25) is 0 Å². The lowest BCUT2D eigenvalue weighted by atomic mass is 9.95. The van der Waals surface area contributed by atoms with E-state index < -0.39 is 41.0 Å². The lowest BCUT2D eigenvalue weighted by Crippen LogP contribution is -2.29. The molecule has 198 valence electrons. The van der Waals surface area contributed by atoms with Crippen LogP contribution in [0, 0.1) is 5.82 Å². The van der Waals surface area contributed by atoms with E-state index in [9.17, 15) is 32.3 Å². The molecule has 1 unspecified atom stereocenters. The van der Waals surface area contributed by atoms with Crippen molar-refractivity contribution >= 4 is 23.1 Å². The smallest absolute Gasteiger partial charge is 0.416 e. The van der Waals surface area contributed by atoms with Crippen LogP contribution in [-0.2, 0) is 15.8 Å². The number of Topliss-reactive ketones (excluding diaryl/α,β-unsaturated/α-hetero) is 1. The second-order valence-corrected chi connectivity index (χ2v) is 8.85. The fraction of sp³-hybridized carbons (Fsp3) is 0.241. The Hall–Kier alpha value is -4.14. The molecule has 0 radical (unpaired) electrons. The Morgan fingerprint density at radius 2 is 1.66 bits per heavy atom. The molecule has 1 N–H and O–H groups in total. The highest BCUT2D eigenvalue weighted by molar-refractivity contribution is 6.51. The third-order valence-electron chi connectivity index (χ3n) is 6.23. The molecule has 1 heterocycles. The van der Waals surface area contributed by atoms with E-state index in [1.165, 1.54) is 30.3 Å². The third-order valence-corrected chi connectivity index (χ3v) is 6.23. The average Bonchev–Trinajstić information content (AvgIpc) is 3.17. The minimum atomic E-state index is -4.69. The van der Waals surface area contributed by atoms with Gasteiger partial charge in [0.15, 0.2) is 0 Å². The van der Waals surface area contributed by atoms with E-state index in [-0.39, 0.29) is 22.4 Å². The van der Waals surface area contributed by atoms with E-state index in [0.29, 0.717) is 12.4 Å². The lowest BCUT2D eigenvalue weighted by molar-refractivity contribution is -0.137. The highest BCUT2D eigenvalue weighted by atomic mass is 19.4. The van der Waals surface area contributed by atoms with Crippen LogP contribution in [0.1, 0.15) is 48.9 Å². The maximum atomic E-state index is 13.7. The van der Waals surface area contributed by atoms with Gasteiger partial charge >= 0.3 is 6.18 Å². The lowest BCUT2D eigenvalue weighted by Gasteiger charge is -2.26. The summed E-state index contributed by atoms with van der Waals surface area (Å²) in [6.45, 7) is 2.60. The Bertz CT molecular complexity index is 1350. The molecule has 0 aromatic heterocycles. The van der Waals surface area contributed by atoms with Crippen LogP contribution in [0.3, 0.4) is 0 Å². The van der Waals surface area contributed by atoms with Crippen molar-refractivity contribution < 1.29 is 37.0 Å². The summed E-state index contributed by atoms with van der Waals surface area (Å²) in [6, 6.07) is 13.8. The summed E-state index contributed by atoms with van der Waals surface area (Å²) in [7, 11) is 0. The van der Waals surface area contributed by atoms with Crippen molar-refractivity contribution in [3.05, 3.63) is 101 Å². The van der Waals surface area contributed by atoms with Crippen LogP contribution in [0.2, 0.25) is 0 Å². The molecule has 1 aliphatic rings. The van der Waals surface area contributed by atoms with E-state index in [2.05, 4.69) is 6.92 Å². The van der Waals surface area contributed by atoms with E-state index in [4.69, 9.17) is 4.74 Å². The number of aliphatic hydroxyl groups is 1. The Morgan fingerprint density at radius 3 is 2.29 bits per heavy atom. The predicted octanol–water partition coefficient (Wildman–Crippen LogP) is 7.04. The fourth-order valence-corrected chi connectivity index (χ4v) is 4.30. The minimum Gasteiger partial charge on any atom is -0.507 e. The quantitative estimate of drug-likeness (QED) is 0.112. The van der Waals surface area contributed by atoms with Crippen LogP contribution in [0.15, 0.2) is 78.4 Å². The van der Waals surface area contributed by atoms with E-state index in [0.717, 1.165) is 54.5 Å². The van der Waals surface area contributed by atoms with Crippen LogP contribution in [0.5, 0.6) is 5.75 Å². The predicted molar refractivity (Wildman–Crippen MR) is 134 cm³/mol. The molecule has 0 spiro atoms. The highest BCUT2D eigenvalue weighted by Crippen LogP contribution is 2.43. The number of carbonyl (C=O) groups excluding carboxylic acids is 2. The molecule has 1 amide bonds. The van der Waals surface area contributed by atoms with Crippen molar-refractivity contribution in [2.45, 2.75) is 38.4 Å². The second kappa shape index (κ2) is 11.1. The van der Waals surface area contributed by atoms with Crippen LogP contribution in [0.25, 0.3) is 5.76 Å². The first-order chi connectivity index (χ1) is 18.1. The number of rotatable bonds is 8. The number of carbonyl (C=O) groups is 2. The number of hydrogen-bond donors (Lipinski definition) is 1. The van der Waals surface area contributed by atoms with Gasteiger partial charge in [0.25, 0.3) is 11.7 Å². The van der Waals surface area contributed by atoms with Gasteiger partial charge in [-0.15, -0.1) is 0 Å². The summed E-state index contributed by atoms with van der Waals surface area (Å²) < 4.78 is 59.5. The number of benzene rings is 3. The van der Waals surface area contributed by atoms with Gasteiger partial charge in [-0.05, 0) is 66.6 Å². The monoisotopic (exact) mass is 527 g/mol. The largest absolute Gasteiger partial charge is 0.507 e. The normalized spacial score (nSPS) is 17.2. The van der Waals surface area contributed by atoms with Crippen molar-refractivity contribution in [3.63, 3.8) is 0 Å². The SMILES string of the molecule is CCCCCOc1ccc(/C(O)=C2\C(=O)C(=O)N(c3cccc(C(F)(F)F)c3)C2c2ccc(F)cc2)cc1. The van der Waals surface area contributed by atoms with Gasteiger partial charge in [-0.25, -0.2) is 4.39 Å². The van der Waals surface area contributed by atoms with E-state index in [1.807, 2.05) is 0 Å². The van der Waals surface area contributed by atoms with Gasteiger partial charge in [-0.2, -0.15) is 13.2 Å². The van der Waals surface area contributed by atoms with Gasteiger partial charge in [0.05, 0.1) is 23.8 Å². The summed E-state index contributed by atoms with van der Waals surface area (Å²) >= 11 is 0. The highest BCUT2D eigenvalue weighted by Gasteiger charge is 2.47. The van der Waals surface area contributed by atoms with Crippen LogP contribution >= 0.6 is 0 Å². The molecule has 0 aliphatic carbocycles. The molecule has 1 aliphatic heterocycles. The molecule has 1 saturated heterocycles. The molecule has 1 fully saturated rings. The summed E-state index contributed by atoms with van der Waals surface area (Å²) in [6.07, 6.45) is -1.73. The van der Waals surface area contributed by atoms with E-state index >= 15 is 0 Å². The van der Waals surface area contributed by atoms with Gasteiger partial charge in [-0.1, -0.05) is 38.0 Å². The van der Waals surface area contributed by atoms with Crippen molar-refractivity contribution in [1.82, 2.24) is 0 Å². The molecule has 0 saturated carbocycles. The molecule has 1 atom stereocenters. The number of anilines is 1. The number of ether oxygens (including phenoxy) is 1. The first kappa shape index (κ1) is 26.9. The summed E-state index contributed by atoms with van der Waals surface area (Å²) in [5, 5.41) is 11.2. The molecular formula is C29H25F4NO4. The Morgan fingerprint density at radius 1 is 0.974 bits per heavy atom. The molecule has 4 rings (SSSR count). The number of aliphatic hydroxyl groups excluding tert-OH is 1.